The van der Waals surface area contributed by atoms with Crippen molar-refractivity contribution >= 4 is 11.7 Å². The summed E-state index contributed by atoms with van der Waals surface area (Å²) in [6.07, 6.45) is 0. The Morgan fingerprint density at radius 3 is 3.07 bits per heavy atom. The standard InChI is InChI=1S/C11H12N2O2/c1-2-15-9-5-3-4-8(6-9)11-12-7-10(14)13-11/h3-6H,2,7H2,1H3,(H,12,13,14). The molecule has 78 valence electrons. The highest BCUT2D eigenvalue weighted by Gasteiger charge is 2.14. The van der Waals surface area contributed by atoms with Crippen LogP contribution in [0.4, 0.5) is 0 Å². The Balaban J connectivity index is 2.21. The fourth-order valence-electron chi connectivity index (χ4n) is 1.43. The van der Waals surface area contributed by atoms with Gasteiger partial charge in [-0.3, -0.25) is 9.79 Å². The van der Waals surface area contributed by atoms with Crippen molar-refractivity contribution in [3.05, 3.63) is 29.8 Å². The molecule has 0 spiro atoms. The topological polar surface area (TPSA) is 50.7 Å². The van der Waals surface area contributed by atoms with Crippen LogP contribution < -0.4 is 10.1 Å². The molecule has 0 unspecified atom stereocenters. The average molecular weight is 204 g/mol. The molecule has 15 heavy (non-hydrogen) atoms. The van der Waals surface area contributed by atoms with Gasteiger partial charge in [-0.25, -0.2) is 0 Å². The molecule has 1 aliphatic heterocycles. The van der Waals surface area contributed by atoms with Gasteiger partial charge in [0.2, 0.25) is 5.91 Å². The molecule has 1 aromatic carbocycles. The number of aliphatic imine (C=N–C) groups is 1. The van der Waals surface area contributed by atoms with Crippen LogP contribution in [0.1, 0.15) is 12.5 Å². The lowest BCUT2D eigenvalue weighted by molar-refractivity contribution is -0.117. The van der Waals surface area contributed by atoms with E-state index in [0.29, 0.717) is 12.4 Å². The van der Waals surface area contributed by atoms with E-state index in [1.807, 2.05) is 31.2 Å². The Labute approximate surface area is 88.0 Å². The van der Waals surface area contributed by atoms with Gasteiger partial charge in [0.1, 0.15) is 18.1 Å². The van der Waals surface area contributed by atoms with Gasteiger partial charge in [0, 0.05) is 5.56 Å². The summed E-state index contributed by atoms with van der Waals surface area (Å²) in [5, 5.41) is 2.69. The molecular formula is C11H12N2O2. The van der Waals surface area contributed by atoms with Gasteiger partial charge < -0.3 is 10.1 Å². The zero-order valence-electron chi connectivity index (χ0n) is 8.49. The summed E-state index contributed by atoms with van der Waals surface area (Å²) in [7, 11) is 0. The van der Waals surface area contributed by atoms with Crippen molar-refractivity contribution in [3.63, 3.8) is 0 Å². The quantitative estimate of drug-likeness (QED) is 0.797. The molecule has 0 radical (unpaired) electrons. The Bertz CT molecular complexity index is 413. The zero-order chi connectivity index (χ0) is 10.7. The lowest BCUT2D eigenvalue weighted by Gasteiger charge is -2.05. The molecule has 4 nitrogen and oxygen atoms in total. The second-order valence-electron chi connectivity index (χ2n) is 3.17. The Morgan fingerprint density at radius 1 is 1.53 bits per heavy atom. The number of amidine groups is 1. The summed E-state index contributed by atoms with van der Waals surface area (Å²) in [5.41, 5.74) is 0.881. The molecule has 0 fully saturated rings. The highest BCUT2D eigenvalue weighted by Crippen LogP contribution is 2.14. The van der Waals surface area contributed by atoms with Crippen LogP contribution in [-0.4, -0.2) is 24.9 Å². The van der Waals surface area contributed by atoms with Gasteiger partial charge in [0.15, 0.2) is 0 Å². The minimum atomic E-state index is -0.0631. The molecule has 1 aromatic rings. The fraction of sp³-hybridized carbons (Fsp3) is 0.273. The number of carbonyl (C=O) groups excluding carboxylic acids is 1. The molecule has 1 N–H and O–H groups in total. The normalized spacial score (nSPS) is 14.7. The van der Waals surface area contributed by atoms with E-state index in [0.717, 1.165) is 11.3 Å². The number of carbonyl (C=O) groups is 1. The first-order valence-corrected chi connectivity index (χ1v) is 4.87. The Hall–Kier alpha value is -1.84. The van der Waals surface area contributed by atoms with Crippen molar-refractivity contribution in [1.29, 1.82) is 0 Å². The molecule has 0 saturated carbocycles. The van der Waals surface area contributed by atoms with Crippen molar-refractivity contribution < 1.29 is 9.53 Å². The summed E-state index contributed by atoms with van der Waals surface area (Å²) >= 11 is 0. The number of nitrogens with zero attached hydrogens (tertiary/aromatic N) is 1. The number of hydrogen-bond donors (Lipinski definition) is 1. The first-order valence-electron chi connectivity index (χ1n) is 4.87. The number of ether oxygens (including phenoxy) is 1. The van der Waals surface area contributed by atoms with Gasteiger partial charge in [0.25, 0.3) is 0 Å². The summed E-state index contributed by atoms with van der Waals surface area (Å²) in [5.74, 6) is 1.35. The number of nitrogens with one attached hydrogen (secondary N) is 1. The lowest BCUT2D eigenvalue weighted by atomic mass is 10.2. The van der Waals surface area contributed by atoms with Gasteiger partial charge in [0.05, 0.1) is 6.61 Å². The molecule has 2 rings (SSSR count). The number of benzene rings is 1. The lowest BCUT2D eigenvalue weighted by Crippen LogP contribution is -2.25. The summed E-state index contributed by atoms with van der Waals surface area (Å²) < 4.78 is 5.37. The van der Waals surface area contributed by atoms with E-state index in [9.17, 15) is 4.79 Å². The largest absolute Gasteiger partial charge is 0.494 e. The molecule has 0 aliphatic carbocycles. The first kappa shape index (κ1) is 9.71. The molecular weight excluding hydrogens is 192 g/mol. The maximum Gasteiger partial charge on any atom is 0.247 e. The van der Waals surface area contributed by atoms with E-state index in [4.69, 9.17) is 4.74 Å². The van der Waals surface area contributed by atoms with Crippen LogP contribution in [0.15, 0.2) is 29.3 Å². The Kier molecular flexibility index (Phi) is 2.67. The highest BCUT2D eigenvalue weighted by atomic mass is 16.5. The van der Waals surface area contributed by atoms with Crippen LogP contribution in [0.2, 0.25) is 0 Å². The smallest absolute Gasteiger partial charge is 0.247 e. The first-order chi connectivity index (χ1) is 7.29. The molecule has 1 amide bonds. The predicted molar refractivity (Wildman–Crippen MR) is 57.2 cm³/mol. The number of rotatable bonds is 3. The van der Waals surface area contributed by atoms with Crippen molar-refractivity contribution in [1.82, 2.24) is 5.32 Å². The van der Waals surface area contributed by atoms with E-state index in [-0.39, 0.29) is 12.5 Å². The molecule has 1 aliphatic rings. The van der Waals surface area contributed by atoms with Crippen LogP contribution in [0.3, 0.4) is 0 Å². The van der Waals surface area contributed by atoms with E-state index >= 15 is 0 Å². The third-order valence-corrected chi connectivity index (χ3v) is 2.06. The second kappa shape index (κ2) is 4.13. The van der Waals surface area contributed by atoms with Crippen molar-refractivity contribution in [2.45, 2.75) is 6.92 Å². The highest BCUT2D eigenvalue weighted by molar-refractivity contribution is 6.12. The van der Waals surface area contributed by atoms with E-state index in [1.165, 1.54) is 0 Å². The Morgan fingerprint density at radius 2 is 2.40 bits per heavy atom. The van der Waals surface area contributed by atoms with Crippen LogP contribution in [0, 0.1) is 0 Å². The summed E-state index contributed by atoms with van der Waals surface area (Å²) in [6.45, 7) is 2.78. The predicted octanol–water partition coefficient (Wildman–Crippen LogP) is 0.962. The zero-order valence-corrected chi connectivity index (χ0v) is 8.49. The monoisotopic (exact) mass is 204 g/mol. The minimum Gasteiger partial charge on any atom is -0.494 e. The third kappa shape index (κ3) is 2.15. The number of amides is 1. The molecule has 0 saturated heterocycles. The van der Waals surface area contributed by atoms with E-state index in [1.54, 1.807) is 0 Å². The summed E-state index contributed by atoms with van der Waals surface area (Å²) in [4.78, 5) is 15.1. The van der Waals surface area contributed by atoms with Gasteiger partial charge in [-0.05, 0) is 19.1 Å². The van der Waals surface area contributed by atoms with Gasteiger partial charge in [-0.15, -0.1) is 0 Å². The molecule has 0 atom stereocenters. The molecule has 4 heteroatoms. The average Bonchev–Trinajstić information content (AvgIpc) is 2.66. The maximum absolute atomic E-state index is 11.0. The molecule has 1 heterocycles. The minimum absolute atomic E-state index is 0.0631. The van der Waals surface area contributed by atoms with Crippen molar-refractivity contribution in [2.24, 2.45) is 4.99 Å². The van der Waals surface area contributed by atoms with Crippen LogP contribution >= 0.6 is 0 Å². The second-order valence-corrected chi connectivity index (χ2v) is 3.17. The number of hydrogen-bond acceptors (Lipinski definition) is 3. The molecule has 0 bridgehead atoms. The van der Waals surface area contributed by atoms with Crippen LogP contribution in [0.25, 0.3) is 0 Å². The van der Waals surface area contributed by atoms with Gasteiger partial charge in [-0.1, -0.05) is 12.1 Å². The van der Waals surface area contributed by atoms with Gasteiger partial charge >= 0.3 is 0 Å². The SMILES string of the molecule is CCOc1cccc(C2=NCC(=O)N2)c1. The van der Waals surface area contributed by atoms with Crippen molar-refractivity contribution in [3.8, 4) is 5.75 Å². The van der Waals surface area contributed by atoms with Gasteiger partial charge in [-0.2, -0.15) is 0 Å². The van der Waals surface area contributed by atoms with E-state index in [2.05, 4.69) is 10.3 Å². The molecule has 0 aromatic heterocycles. The van der Waals surface area contributed by atoms with Crippen molar-refractivity contribution in [2.75, 3.05) is 13.2 Å². The maximum atomic E-state index is 11.0. The summed E-state index contributed by atoms with van der Waals surface area (Å²) in [6, 6.07) is 7.53. The van der Waals surface area contributed by atoms with Crippen LogP contribution in [0.5, 0.6) is 5.75 Å². The third-order valence-electron chi connectivity index (χ3n) is 2.06. The fourth-order valence-corrected chi connectivity index (χ4v) is 1.43. The van der Waals surface area contributed by atoms with Crippen LogP contribution in [-0.2, 0) is 4.79 Å². The van der Waals surface area contributed by atoms with E-state index < -0.39 is 0 Å².